The number of likely N-dealkylation sites (N-methyl/N-ethyl adjacent to an activating group) is 1. The van der Waals surface area contributed by atoms with Gasteiger partial charge < -0.3 is 14.2 Å². The molecule has 158 valence electrons. The Balaban J connectivity index is 2.01. The van der Waals surface area contributed by atoms with Crippen LogP contribution >= 0.6 is 22.9 Å². The Bertz CT molecular complexity index is 942. The summed E-state index contributed by atoms with van der Waals surface area (Å²) in [6, 6.07) is 5.48. The Morgan fingerprint density at radius 3 is 2.76 bits per heavy atom. The Morgan fingerprint density at radius 2 is 2.10 bits per heavy atom. The molecule has 0 N–H and O–H groups in total. The third kappa shape index (κ3) is 5.30. The van der Waals surface area contributed by atoms with E-state index in [1.165, 1.54) is 24.1 Å². The average molecular weight is 436 g/mol. The van der Waals surface area contributed by atoms with E-state index in [1.807, 2.05) is 0 Å². The molecule has 1 fully saturated rings. The Morgan fingerprint density at radius 1 is 1.34 bits per heavy atom. The number of piperidine rings is 1. The van der Waals surface area contributed by atoms with Crippen LogP contribution in [0.2, 0.25) is 5.02 Å². The number of nitrogens with zero attached hydrogens (tertiary/aromatic N) is 3. The first kappa shape index (κ1) is 22.1. The SMILES string of the molecule is COc1ccc(Cl)cc1C(=O)/N=c1\sc(C(C)(C)C)cn1C[C@H]1CCCCN1C. The van der Waals surface area contributed by atoms with Crippen molar-refractivity contribution in [3.8, 4) is 5.75 Å². The zero-order valence-corrected chi connectivity index (χ0v) is 19.4. The summed E-state index contributed by atoms with van der Waals surface area (Å²) >= 11 is 7.68. The number of halogens is 1. The van der Waals surface area contributed by atoms with Crippen LogP contribution in [0.15, 0.2) is 29.4 Å². The minimum absolute atomic E-state index is 0.00452. The van der Waals surface area contributed by atoms with E-state index < -0.39 is 0 Å². The zero-order valence-electron chi connectivity index (χ0n) is 17.9. The van der Waals surface area contributed by atoms with Crippen molar-refractivity contribution in [2.45, 2.75) is 58.0 Å². The second-order valence-electron chi connectivity index (χ2n) is 8.67. The molecule has 1 aliphatic rings. The van der Waals surface area contributed by atoms with E-state index in [9.17, 15) is 4.79 Å². The molecule has 0 spiro atoms. The van der Waals surface area contributed by atoms with Gasteiger partial charge in [0.25, 0.3) is 5.91 Å². The molecule has 1 aliphatic heterocycles. The number of rotatable bonds is 4. The molecule has 2 heterocycles. The molecular weight excluding hydrogens is 406 g/mol. The second-order valence-corrected chi connectivity index (χ2v) is 10.1. The van der Waals surface area contributed by atoms with Crippen LogP contribution < -0.4 is 9.54 Å². The molecule has 1 atom stereocenters. The van der Waals surface area contributed by atoms with Crippen LogP contribution in [0.3, 0.4) is 0 Å². The maximum absolute atomic E-state index is 13.0. The molecule has 0 bridgehead atoms. The van der Waals surface area contributed by atoms with Gasteiger partial charge in [-0.2, -0.15) is 4.99 Å². The smallest absolute Gasteiger partial charge is 0.283 e. The molecule has 2 aromatic rings. The molecular formula is C22H30ClN3O2S. The van der Waals surface area contributed by atoms with Crippen LogP contribution in [0, 0.1) is 0 Å². The zero-order chi connectivity index (χ0) is 21.2. The van der Waals surface area contributed by atoms with Gasteiger partial charge in [-0.15, -0.1) is 11.3 Å². The third-order valence-electron chi connectivity index (χ3n) is 5.38. The lowest BCUT2D eigenvalue weighted by atomic mass is 9.95. The number of hydrogen-bond donors (Lipinski definition) is 0. The standard InChI is InChI=1S/C22H30ClN3O2S/c1-22(2,3)19-14-26(13-16-8-6-7-11-25(16)4)21(29-19)24-20(27)17-12-15(23)9-10-18(17)28-5/h9-10,12,14,16H,6-8,11,13H2,1-5H3/b24-21-/t16-/m1/s1. The number of likely N-dealkylation sites (tertiary alicyclic amines) is 1. The molecule has 0 aliphatic carbocycles. The Hall–Kier alpha value is -1.63. The predicted molar refractivity (Wildman–Crippen MR) is 119 cm³/mol. The summed E-state index contributed by atoms with van der Waals surface area (Å²) in [5.41, 5.74) is 0.377. The lowest BCUT2D eigenvalue weighted by molar-refractivity contribution is 0.0994. The number of carbonyl (C=O) groups is 1. The second kappa shape index (κ2) is 9.02. The van der Waals surface area contributed by atoms with Gasteiger partial charge in [0.2, 0.25) is 0 Å². The van der Waals surface area contributed by atoms with Gasteiger partial charge in [0, 0.05) is 28.7 Å². The van der Waals surface area contributed by atoms with Crippen molar-refractivity contribution < 1.29 is 9.53 Å². The number of methoxy groups -OCH3 is 1. The predicted octanol–water partition coefficient (Wildman–Crippen LogP) is 4.73. The van der Waals surface area contributed by atoms with E-state index in [-0.39, 0.29) is 11.3 Å². The number of ether oxygens (including phenoxy) is 1. The van der Waals surface area contributed by atoms with Crippen LogP contribution in [0.5, 0.6) is 5.75 Å². The van der Waals surface area contributed by atoms with Crippen molar-refractivity contribution in [1.29, 1.82) is 0 Å². The fourth-order valence-corrected chi connectivity index (χ4v) is 4.77. The van der Waals surface area contributed by atoms with Crippen LogP contribution in [0.25, 0.3) is 0 Å². The number of aromatic nitrogens is 1. The van der Waals surface area contributed by atoms with E-state index in [4.69, 9.17) is 16.3 Å². The number of carbonyl (C=O) groups excluding carboxylic acids is 1. The maximum atomic E-state index is 13.0. The first-order chi connectivity index (χ1) is 13.7. The molecule has 0 radical (unpaired) electrons. The van der Waals surface area contributed by atoms with Gasteiger partial charge in [-0.05, 0) is 50.0 Å². The summed E-state index contributed by atoms with van der Waals surface area (Å²) < 4.78 is 7.48. The number of amides is 1. The van der Waals surface area contributed by atoms with E-state index >= 15 is 0 Å². The van der Waals surface area contributed by atoms with Crippen molar-refractivity contribution in [2.24, 2.45) is 4.99 Å². The van der Waals surface area contributed by atoms with Crippen molar-refractivity contribution in [1.82, 2.24) is 9.47 Å². The van der Waals surface area contributed by atoms with Crippen LogP contribution in [0.1, 0.15) is 55.3 Å². The van der Waals surface area contributed by atoms with Gasteiger partial charge in [-0.3, -0.25) is 4.79 Å². The fraction of sp³-hybridized carbons (Fsp3) is 0.545. The van der Waals surface area contributed by atoms with Gasteiger partial charge in [0.05, 0.1) is 12.7 Å². The molecule has 1 amide bonds. The molecule has 3 rings (SSSR count). The minimum Gasteiger partial charge on any atom is -0.496 e. The quantitative estimate of drug-likeness (QED) is 0.697. The van der Waals surface area contributed by atoms with Crippen molar-refractivity contribution in [2.75, 3.05) is 20.7 Å². The summed E-state index contributed by atoms with van der Waals surface area (Å²) in [6.07, 6.45) is 5.82. The van der Waals surface area contributed by atoms with Crippen molar-refractivity contribution >= 4 is 28.8 Å². The molecule has 0 saturated carbocycles. The normalized spacial score (nSPS) is 18.8. The van der Waals surface area contributed by atoms with Crippen LogP contribution in [-0.4, -0.2) is 42.1 Å². The first-order valence-corrected chi connectivity index (χ1v) is 11.2. The van der Waals surface area contributed by atoms with Gasteiger partial charge >= 0.3 is 0 Å². The molecule has 7 heteroatoms. The molecule has 29 heavy (non-hydrogen) atoms. The summed E-state index contributed by atoms with van der Waals surface area (Å²) in [4.78, 5) is 21.8. The average Bonchev–Trinajstić information content (AvgIpc) is 3.06. The van der Waals surface area contributed by atoms with E-state index in [2.05, 4.69) is 48.5 Å². The summed E-state index contributed by atoms with van der Waals surface area (Å²) in [7, 11) is 3.72. The highest BCUT2D eigenvalue weighted by Crippen LogP contribution is 2.26. The monoisotopic (exact) mass is 435 g/mol. The number of hydrogen-bond acceptors (Lipinski definition) is 4. The van der Waals surface area contributed by atoms with Crippen molar-refractivity contribution in [3.63, 3.8) is 0 Å². The highest BCUT2D eigenvalue weighted by Gasteiger charge is 2.23. The largest absolute Gasteiger partial charge is 0.496 e. The number of benzene rings is 1. The highest BCUT2D eigenvalue weighted by atomic mass is 35.5. The van der Waals surface area contributed by atoms with Gasteiger partial charge in [0.15, 0.2) is 4.80 Å². The highest BCUT2D eigenvalue weighted by molar-refractivity contribution is 7.09. The summed E-state index contributed by atoms with van der Waals surface area (Å²) in [5, 5.41) is 0.489. The first-order valence-electron chi connectivity index (χ1n) is 10.0. The van der Waals surface area contributed by atoms with E-state index in [0.29, 0.717) is 22.4 Å². The lowest BCUT2D eigenvalue weighted by Crippen LogP contribution is -2.40. The van der Waals surface area contributed by atoms with E-state index in [1.54, 1.807) is 36.6 Å². The van der Waals surface area contributed by atoms with Crippen LogP contribution in [-0.2, 0) is 12.0 Å². The maximum Gasteiger partial charge on any atom is 0.283 e. The number of thiazole rings is 1. The molecule has 1 aromatic heterocycles. The lowest BCUT2D eigenvalue weighted by Gasteiger charge is -2.32. The van der Waals surface area contributed by atoms with Gasteiger partial charge in [0.1, 0.15) is 5.75 Å². The minimum atomic E-state index is -0.336. The molecule has 1 saturated heterocycles. The van der Waals surface area contributed by atoms with Gasteiger partial charge in [-0.25, -0.2) is 0 Å². The molecule has 1 aromatic carbocycles. The molecule has 0 unspecified atom stereocenters. The van der Waals surface area contributed by atoms with E-state index in [0.717, 1.165) is 17.9 Å². The third-order valence-corrected chi connectivity index (χ3v) is 7.06. The summed E-state index contributed by atoms with van der Waals surface area (Å²) in [6.45, 7) is 8.50. The molecule has 5 nitrogen and oxygen atoms in total. The fourth-order valence-electron chi connectivity index (χ4n) is 3.54. The van der Waals surface area contributed by atoms with Gasteiger partial charge in [-0.1, -0.05) is 38.8 Å². The topological polar surface area (TPSA) is 46.8 Å². The van der Waals surface area contributed by atoms with Crippen LogP contribution in [0.4, 0.5) is 0 Å². The Kier molecular flexibility index (Phi) is 6.87. The Labute approximate surface area is 182 Å². The van der Waals surface area contributed by atoms with Crippen molar-refractivity contribution in [3.05, 3.63) is 44.7 Å². The summed E-state index contributed by atoms with van der Waals surface area (Å²) in [5.74, 6) is 0.145.